The van der Waals surface area contributed by atoms with Crippen molar-refractivity contribution < 1.29 is 0 Å². The summed E-state index contributed by atoms with van der Waals surface area (Å²) in [5.74, 6) is 3.11. The van der Waals surface area contributed by atoms with Crippen molar-refractivity contribution in [3.05, 3.63) is 0 Å². The first-order valence-corrected chi connectivity index (χ1v) is 7.95. The molecule has 0 amide bonds. The Morgan fingerprint density at radius 2 is 1.71 bits per heavy atom. The van der Waals surface area contributed by atoms with E-state index in [2.05, 4.69) is 30.7 Å². The zero-order chi connectivity index (χ0) is 12.7. The lowest BCUT2D eigenvalue weighted by molar-refractivity contribution is 0.261. The van der Waals surface area contributed by atoms with Crippen LogP contribution >= 0.6 is 11.8 Å². The van der Waals surface area contributed by atoms with E-state index in [0.717, 1.165) is 25.6 Å². The molecule has 1 aliphatic rings. The second-order valence-electron chi connectivity index (χ2n) is 4.83. The molecule has 0 atom stereocenters. The molecule has 0 spiro atoms. The van der Waals surface area contributed by atoms with E-state index in [0.29, 0.717) is 5.41 Å². The van der Waals surface area contributed by atoms with Crippen LogP contribution in [-0.4, -0.2) is 42.0 Å². The lowest BCUT2D eigenvalue weighted by Crippen LogP contribution is -2.43. The first kappa shape index (κ1) is 14.7. The van der Waals surface area contributed by atoms with Crippen LogP contribution in [0.5, 0.6) is 0 Å². The monoisotopic (exact) mass is 257 g/mol. The Morgan fingerprint density at radius 3 is 2.18 bits per heavy atom. The molecule has 4 heteroatoms. The average molecular weight is 257 g/mol. The molecule has 0 saturated carbocycles. The third-order valence-electron chi connectivity index (χ3n) is 4.16. The summed E-state index contributed by atoms with van der Waals surface area (Å²) in [4.78, 5) is 6.87. The molecular weight excluding hydrogens is 230 g/mol. The molecule has 0 unspecified atom stereocenters. The van der Waals surface area contributed by atoms with Gasteiger partial charge in [0.2, 0.25) is 0 Å². The van der Waals surface area contributed by atoms with Gasteiger partial charge in [0.05, 0.1) is 0 Å². The molecule has 0 aromatic heterocycles. The van der Waals surface area contributed by atoms with Gasteiger partial charge in [-0.05, 0) is 24.7 Å². The van der Waals surface area contributed by atoms with Crippen LogP contribution < -0.4 is 5.73 Å². The summed E-state index contributed by atoms with van der Waals surface area (Å²) < 4.78 is 0. The highest BCUT2D eigenvalue weighted by Crippen LogP contribution is 2.30. The minimum atomic E-state index is 0.356. The van der Waals surface area contributed by atoms with Crippen molar-refractivity contribution in [3.8, 4) is 0 Å². The van der Waals surface area contributed by atoms with Crippen molar-refractivity contribution in [2.45, 2.75) is 40.0 Å². The Hall–Kier alpha value is -0.380. The fourth-order valence-corrected chi connectivity index (χ4v) is 3.13. The number of thioether (sulfide) groups is 1. The third-order valence-corrected chi connectivity index (χ3v) is 5.10. The Morgan fingerprint density at radius 1 is 1.18 bits per heavy atom. The first-order chi connectivity index (χ1) is 8.17. The van der Waals surface area contributed by atoms with E-state index in [1.165, 1.54) is 30.8 Å². The molecule has 1 saturated heterocycles. The topological polar surface area (TPSA) is 41.6 Å². The van der Waals surface area contributed by atoms with Crippen LogP contribution in [-0.2, 0) is 0 Å². The largest absolute Gasteiger partial charge is 0.370 e. The van der Waals surface area contributed by atoms with Gasteiger partial charge in [-0.25, -0.2) is 0 Å². The highest BCUT2D eigenvalue weighted by atomic mass is 32.2. The summed E-state index contributed by atoms with van der Waals surface area (Å²) in [5, 5.41) is 0. The summed E-state index contributed by atoms with van der Waals surface area (Å²) in [6.07, 6.45) is 3.56. The quantitative estimate of drug-likeness (QED) is 0.608. The molecule has 0 aliphatic carbocycles. The summed E-state index contributed by atoms with van der Waals surface area (Å²) in [6.45, 7) is 9.77. The molecule has 3 nitrogen and oxygen atoms in total. The second-order valence-corrected chi connectivity index (χ2v) is 6.06. The number of hydrogen-bond acceptors (Lipinski definition) is 2. The van der Waals surface area contributed by atoms with Crippen molar-refractivity contribution in [1.82, 2.24) is 4.90 Å². The van der Waals surface area contributed by atoms with Gasteiger partial charge in [-0.15, -0.1) is 0 Å². The predicted octanol–water partition coefficient (Wildman–Crippen LogP) is 2.57. The van der Waals surface area contributed by atoms with Crippen LogP contribution in [0.15, 0.2) is 4.99 Å². The third kappa shape index (κ3) is 4.09. The van der Waals surface area contributed by atoms with Crippen LogP contribution in [0.4, 0.5) is 0 Å². The van der Waals surface area contributed by atoms with Crippen molar-refractivity contribution in [2.75, 3.05) is 31.1 Å². The minimum Gasteiger partial charge on any atom is -0.370 e. The first-order valence-electron chi connectivity index (χ1n) is 6.80. The zero-order valence-corrected chi connectivity index (χ0v) is 12.4. The van der Waals surface area contributed by atoms with Crippen LogP contribution in [0.2, 0.25) is 0 Å². The number of hydrogen-bond donors (Lipinski definition) is 1. The van der Waals surface area contributed by atoms with Crippen molar-refractivity contribution in [2.24, 2.45) is 16.1 Å². The standard InChI is InChI=1S/C13H27N3S/c1-4-13(5-2,6-3)11-15-12(14)16-7-9-17-10-8-16/h4-11H2,1-3H3,(H2,14,15). The number of nitrogens with zero attached hydrogens (tertiary/aromatic N) is 2. The van der Waals surface area contributed by atoms with Gasteiger partial charge in [-0.1, -0.05) is 20.8 Å². The van der Waals surface area contributed by atoms with E-state index >= 15 is 0 Å². The van der Waals surface area contributed by atoms with E-state index in [1.54, 1.807) is 0 Å². The lowest BCUT2D eigenvalue weighted by atomic mass is 9.80. The van der Waals surface area contributed by atoms with Gasteiger partial charge in [-0.3, -0.25) is 4.99 Å². The summed E-state index contributed by atoms with van der Waals surface area (Å²) in [7, 11) is 0. The Bertz CT molecular complexity index is 235. The van der Waals surface area contributed by atoms with E-state index in [1.807, 2.05) is 11.8 Å². The van der Waals surface area contributed by atoms with Crippen LogP contribution in [0.25, 0.3) is 0 Å². The molecule has 1 fully saturated rings. The van der Waals surface area contributed by atoms with Crippen molar-refractivity contribution in [1.29, 1.82) is 0 Å². The molecule has 2 N–H and O–H groups in total. The maximum Gasteiger partial charge on any atom is 0.191 e. The van der Waals surface area contributed by atoms with Crippen LogP contribution in [0, 0.1) is 5.41 Å². The maximum absolute atomic E-state index is 6.09. The second kappa shape index (κ2) is 7.14. The van der Waals surface area contributed by atoms with Gasteiger partial charge in [-0.2, -0.15) is 11.8 Å². The van der Waals surface area contributed by atoms with E-state index in [4.69, 9.17) is 5.73 Å². The number of guanidine groups is 1. The molecule has 1 heterocycles. The van der Waals surface area contributed by atoms with E-state index < -0.39 is 0 Å². The molecular formula is C13H27N3S. The van der Waals surface area contributed by atoms with Gasteiger partial charge in [0.25, 0.3) is 0 Å². The smallest absolute Gasteiger partial charge is 0.191 e. The average Bonchev–Trinajstić information content (AvgIpc) is 2.41. The Labute approximate surface area is 110 Å². The van der Waals surface area contributed by atoms with E-state index in [-0.39, 0.29) is 0 Å². The maximum atomic E-state index is 6.09. The van der Waals surface area contributed by atoms with Crippen molar-refractivity contribution in [3.63, 3.8) is 0 Å². The number of aliphatic imine (C=N–C) groups is 1. The van der Waals surface area contributed by atoms with Gasteiger partial charge in [0.1, 0.15) is 0 Å². The minimum absolute atomic E-state index is 0.356. The van der Waals surface area contributed by atoms with Crippen LogP contribution in [0.1, 0.15) is 40.0 Å². The summed E-state index contributed by atoms with van der Waals surface area (Å²) in [6, 6.07) is 0. The van der Waals surface area contributed by atoms with Crippen molar-refractivity contribution >= 4 is 17.7 Å². The number of rotatable bonds is 5. The predicted molar refractivity (Wildman–Crippen MR) is 78.7 cm³/mol. The van der Waals surface area contributed by atoms with Gasteiger partial charge >= 0.3 is 0 Å². The summed E-state index contributed by atoms with van der Waals surface area (Å²) in [5.41, 5.74) is 6.44. The normalized spacial score (nSPS) is 18.5. The van der Waals surface area contributed by atoms with Gasteiger partial charge < -0.3 is 10.6 Å². The van der Waals surface area contributed by atoms with Crippen LogP contribution in [0.3, 0.4) is 0 Å². The summed E-state index contributed by atoms with van der Waals surface area (Å²) >= 11 is 2.00. The Balaban J connectivity index is 2.55. The molecule has 0 radical (unpaired) electrons. The molecule has 0 aromatic carbocycles. The molecule has 0 bridgehead atoms. The Kier molecular flexibility index (Phi) is 6.17. The highest BCUT2D eigenvalue weighted by molar-refractivity contribution is 7.99. The molecule has 0 aromatic rings. The zero-order valence-electron chi connectivity index (χ0n) is 11.5. The molecule has 100 valence electrons. The molecule has 1 aliphatic heterocycles. The van der Waals surface area contributed by atoms with Gasteiger partial charge in [0.15, 0.2) is 5.96 Å². The lowest BCUT2D eigenvalue weighted by Gasteiger charge is -2.31. The fraction of sp³-hybridized carbons (Fsp3) is 0.923. The highest BCUT2D eigenvalue weighted by Gasteiger charge is 2.24. The molecule has 17 heavy (non-hydrogen) atoms. The fourth-order valence-electron chi connectivity index (χ4n) is 2.23. The SMILES string of the molecule is CCC(CC)(CC)CN=C(N)N1CCSCC1. The number of nitrogens with two attached hydrogens (primary N) is 1. The molecule has 1 rings (SSSR count). The van der Waals surface area contributed by atoms with E-state index in [9.17, 15) is 0 Å². The van der Waals surface area contributed by atoms with Gasteiger partial charge in [0, 0.05) is 31.1 Å².